The second-order valence-corrected chi connectivity index (χ2v) is 16.5. The Hall–Kier alpha value is -2.48. The molecular formula is C36H54N2O6. The van der Waals surface area contributed by atoms with E-state index in [1.807, 2.05) is 0 Å². The molecular weight excluding hydrogens is 556 g/mol. The van der Waals surface area contributed by atoms with Gasteiger partial charge in [0.1, 0.15) is 11.2 Å². The van der Waals surface area contributed by atoms with Crippen molar-refractivity contribution in [1.29, 1.82) is 0 Å². The summed E-state index contributed by atoms with van der Waals surface area (Å²) >= 11 is 0. The minimum absolute atomic E-state index is 0.0464. The molecule has 2 N–H and O–H groups in total. The third-order valence-corrected chi connectivity index (χ3v) is 13.6. The zero-order chi connectivity index (χ0) is 32.5. The van der Waals surface area contributed by atoms with Crippen LogP contribution in [0.1, 0.15) is 125 Å². The van der Waals surface area contributed by atoms with Gasteiger partial charge in [-0.3, -0.25) is 9.59 Å². The van der Waals surface area contributed by atoms with Crippen molar-refractivity contribution in [2.75, 3.05) is 5.32 Å². The molecule has 7 atom stereocenters. The molecule has 6 rings (SSSR count). The molecule has 0 radical (unpaired) electrons. The highest BCUT2D eigenvalue weighted by atomic mass is 17.1. The first-order valence-corrected chi connectivity index (χ1v) is 16.8. The summed E-state index contributed by atoms with van der Waals surface area (Å²) in [5, 5.41) is 15.5. The Morgan fingerprint density at radius 1 is 1.00 bits per heavy atom. The van der Waals surface area contributed by atoms with Crippen LogP contribution in [0.25, 0.3) is 0 Å². The maximum Gasteiger partial charge on any atom is 0.352 e. The van der Waals surface area contributed by atoms with Gasteiger partial charge in [0, 0.05) is 19.4 Å². The lowest BCUT2D eigenvalue weighted by atomic mass is 9.33. The molecule has 8 nitrogen and oxygen atoms in total. The van der Waals surface area contributed by atoms with Crippen LogP contribution in [0.3, 0.4) is 0 Å². The van der Waals surface area contributed by atoms with E-state index in [1.54, 1.807) is 13.0 Å². The third kappa shape index (κ3) is 4.80. The summed E-state index contributed by atoms with van der Waals surface area (Å²) in [6.45, 7) is 20.0. The Kier molecular flexibility index (Phi) is 8.30. The van der Waals surface area contributed by atoms with E-state index >= 15 is 0 Å². The maximum absolute atomic E-state index is 13.3. The van der Waals surface area contributed by atoms with E-state index in [2.05, 4.69) is 63.8 Å². The zero-order valence-corrected chi connectivity index (χ0v) is 28.4. The number of carbonyl (C=O) groups excluding carboxylic acids is 3. The average molecular weight is 611 g/mol. The van der Waals surface area contributed by atoms with E-state index < -0.39 is 11.4 Å². The Labute approximate surface area is 263 Å². The second-order valence-electron chi connectivity index (χ2n) is 16.5. The van der Waals surface area contributed by atoms with Crippen molar-refractivity contribution in [2.45, 2.75) is 127 Å². The number of amides is 1. The smallest absolute Gasteiger partial charge is 0.352 e. The number of nitrogens with zero attached hydrogens (tertiary/aromatic N) is 1. The zero-order valence-electron chi connectivity index (χ0n) is 28.4. The Bertz CT molecular complexity index is 1360. The fourth-order valence-corrected chi connectivity index (χ4v) is 11.7. The van der Waals surface area contributed by atoms with E-state index in [4.69, 9.17) is 4.52 Å². The van der Waals surface area contributed by atoms with Gasteiger partial charge < -0.3 is 14.7 Å². The number of carbonyl (C=O) groups is 3. The van der Waals surface area contributed by atoms with Crippen LogP contribution < -0.4 is 5.32 Å². The Morgan fingerprint density at radius 3 is 2.30 bits per heavy atom. The second kappa shape index (κ2) is 11.1. The SMILES string of the molecule is CC(=O)Nc1cc(C)on1.CC(C)C1=C2[C@H]3CC[C@@H]4[C@@]5(C)CCCC(C)(C)[C@@H]5CC[C@@]4(C)[C@]3(C)CC[C@@]2(C(=O)OO)CC1=O. The lowest BCUT2D eigenvalue weighted by Crippen LogP contribution is -2.64. The normalized spacial score (nSPS) is 38.9. The van der Waals surface area contributed by atoms with Crippen LogP contribution in [0.5, 0.6) is 0 Å². The number of anilines is 1. The van der Waals surface area contributed by atoms with Crippen molar-refractivity contribution in [3.8, 4) is 0 Å². The first-order chi connectivity index (χ1) is 20.5. The molecule has 4 fully saturated rings. The van der Waals surface area contributed by atoms with Crippen molar-refractivity contribution >= 4 is 23.5 Å². The van der Waals surface area contributed by atoms with Crippen LogP contribution in [0.2, 0.25) is 0 Å². The Morgan fingerprint density at radius 2 is 1.70 bits per heavy atom. The van der Waals surface area contributed by atoms with Gasteiger partial charge in [-0.1, -0.05) is 60.0 Å². The number of nitrogens with one attached hydrogen (secondary N) is 1. The van der Waals surface area contributed by atoms with Crippen LogP contribution in [-0.2, 0) is 19.3 Å². The number of allylic oxidation sites excluding steroid dienone is 1. The summed E-state index contributed by atoms with van der Waals surface area (Å²) in [6, 6.07) is 1.65. The minimum atomic E-state index is -0.952. The standard InChI is InChI=1S/C30H46O4.C6H8N2O2/c1-18(2)23-20(31)17-30(25(32)34-33)16-15-28(6)19(24(23)30)9-10-22-27(5)13-8-12-26(3,4)21(27)11-14-29(22,28)7;1-4-3-6(8-10-4)7-5(2)9/h18-19,21-22,33H,8-17H2,1-7H3;3H,1-2H3,(H,7,8,9)/t19-,21+,22-,27+,28-,29-,30-;/m1./s1. The predicted octanol–water partition coefficient (Wildman–Crippen LogP) is 8.31. The van der Waals surface area contributed by atoms with E-state index in [-0.39, 0.29) is 40.8 Å². The number of rotatable bonds is 3. The van der Waals surface area contributed by atoms with E-state index in [0.717, 1.165) is 29.9 Å². The predicted molar refractivity (Wildman–Crippen MR) is 168 cm³/mol. The van der Waals surface area contributed by atoms with Gasteiger partial charge in [-0.25, -0.2) is 4.79 Å². The minimum Gasteiger partial charge on any atom is -0.360 e. The first-order valence-electron chi connectivity index (χ1n) is 16.8. The number of Topliss-reactive ketones (excluding diaryl/α,β-unsaturated/α-hetero) is 1. The fourth-order valence-electron chi connectivity index (χ4n) is 11.7. The molecule has 0 saturated heterocycles. The number of aryl methyl sites for hydroxylation is 1. The molecule has 44 heavy (non-hydrogen) atoms. The molecule has 0 aromatic carbocycles. The topological polar surface area (TPSA) is 119 Å². The fraction of sp³-hybridized carbons (Fsp3) is 0.778. The molecule has 1 aromatic rings. The van der Waals surface area contributed by atoms with Crippen LogP contribution in [0.15, 0.2) is 21.7 Å². The largest absolute Gasteiger partial charge is 0.360 e. The van der Waals surface area contributed by atoms with Crippen LogP contribution >= 0.6 is 0 Å². The average Bonchev–Trinajstić information content (AvgIpc) is 3.47. The number of fused-ring (bicyclic) bond motifs is 7. The number of aromatic nitrogens is 1. The molecule has 1 amide bonds. The summed E-state index contributed by atoms with van der Waals surface area (Å²) in [6.07, 6.45) is 10.5. The van der Waals surface area contributed by atoms with E-state index in [0.29, 0.717) is 34.7 Å². The molecule has 1 heterocycles. The summed E-state index contributed by atoms with van der Waals surface area (Å²) in [7, 11) is 0. The summed E-state index contributed by atoms with van der Waals surface area (Å²) in [5.74, 6) is 2.23. The van der Waals surface area contributed by atoms with Gasteiger partial charge in [0.25, 0.3) is 0 Å². The molecule has 4 saturated carbocycles. The highest BCUT2D eigenvalue weighted by Crippen LogP contribution is 2.76. The third-order valence-electron chi connectivity index (χ3n) is 13.6. The highest BCUT2D eigenvalue weighted by molar-refractivity contribution is 6.05. The monoisotopic (exact) mass is 610 g/mol. The van der Waals surface area contributed by atoms with E-state index in [9.17, 15) is 19.6 Å². The first kappa shape index (κ1) is 32.9. The van der Waals surface area contributed by atoms with Gasteiger partial charge in [0.2, 0.25) is 5.91 Å². The van der Waals surface area contributed by atoms with Crippen molar-refractivity contribution in [2.24, 2.45) is 50.7 Å². The highest BCUT2D eigenvalue weighted by Gasteiger charge is 2.70. The molecule has 244 valence electrons. The van der Waals surface area contributed by atoms with Gasteiger partial charge in [-0.05, 0) is 115 Å². The number of ketones is 1. The molecule has 0 spiro atoms. The van der Waals surface area contributed by atoms with Crippen LogP contribution in [-0.4, -0.2) is 28.1 Å². The molecule has 5 aliphatic rings. The quantitative estimate of drug-likeness (QED) is 0.261. The number of hydrogen-bond acceptors (Lipinski definition) is 7. The van der Waals surface area contributed by atoms with Crippen LogP contribution in [0.4, 0.5) is 5.82 Å². The molecule has 0 aliphatic heterocycles. The Balaban J connectivity index is 0.000000328. The van der Waals surface area contributed by atoms with Gasteiger partial charge in [0.15, 0.2) is 11.6 Å². The van der Waals surface area contributed by atoms with Gasteiger partial charge in [-0.2, -0.15) is 5.26 Å². The summed E-state index contributed by atoms with van der Waals surface area (Å²) in [5.41, 5.74) is 1.96. The van der Waals surface area contributed by atoms with Crippen molar-refractivity contribution < 1.29 is 29.1 Å². The van der Waals surface area contributed by atoms with Crippen molar-refractivity contribution in [3.63, 3.8) is 0 Å². The van der Waals surface area contributed by atoms with Crippen LogP contribution in [0, 0.1) is 57.7 Å². The molecule has 5 aliphatic carbocycles. The van der Waals surface area contributed by atoms with Crippen molar-refractivity contribution in [3.05, 3.63) is 23.0 Å². The summed E-state index contributed by atoms with van der Waals surface area (Å²) < 4.78 is 4.70. The molecule has 8 heteroatoms. The van der Waals surface area contributed by atoms with Crippen molar-refractivity contribution in [1.82, 2.24) is 5.16 Å². The van der Waals surface area contributed by atoms with Gasteiger partial charge in [0.05, 0.1) is 0 Å². The lowest BCUT2D eigenvalue weighted by molar-refractivity contribution is -0.250. The molecule has 0 unspecified atom stereocenters. The summed E-state index contributed by atoms with van der Waals surface area (Å²) in [4.78, 5) is 41.2. The number of hydrogen-bond donors (Lipinski definition) is 2. The van der Waals surface area contributed by atoms with E-state index in [1.165, 1.54) is 45.4 Å². The molecule has 1 aromatic heterocycles. The lowest BCUT2D eigenvalue weighted by Gasteiger charge is -2.71. The maximum atomic E-state index is 13.3. The van der Waals surface area contributed by atoms with Gasteiger partial charge >= 0.3 is 5.97 Å². The van der Waals surface area contributed by atoms with Gasteiger partial charge in [-0.15, -0.1) is 0 Å². The molecule has 0 bridgehead atoms.